The predicted octanol–water partition coefficient (Wildman–Crippen LogP) is 7.02. The van der Waals surface area contributed by atoms with Crippen LogP contribution in [0.1, 0.15) is 62.6 Å². The quantitative estimate of drug-likeness (QED) is 0.189. The van der Waals surface area contributed by atoms with Crippen molar-refractivity contribution in [3.05, 3.63) is 102 Å². The van der Waals surface area contributed by atoms with E-state index in [-0.39, 0.29) is 17.4 Å². The zero-order valence-electron chi connectivity index (χ0n) is 27.2. The summed E-state index contributed by atoms with van der Waals surface area (Å²) in [5.74, 6) is -4.37. The highest BCUT2D eigenvalue weighted by Gasteiger charge is 2.65. The van der Waals surface area contributed by atoms with Crippen molar-refractivity contribution in [3.8, 4) is 5.75 Å². The lowest BCUT2D eigenvalue weighted by atomic mass is 9.51. The van der Waals surface area contributed by atoms with Crippen molar-refractivity contribution >= 4 is 11.9 Å². The first-order valence-corrected chi connectivity index (χ1v) is 16.2. The minimum absolute atomic E-state index is 0.0404. The number of hydrogen-bond acceptors (Lipinski definition) is 5. The first-order valence-electron chi connectivity index (χ1n) is 16.2. The Balaban J connectivity index is 1.49. The fraction of sp³-hybridized carbons (Fsp3) is 0.459. The van der Waals surface area contributed by atoms with E-state index in [1.165, 1.54) is 30.2 Å². The van der Waals surface area contributed by atoms with Crippen LogP contribution in [0.25, 0.3) is 0 Å². The number of nitrogens with one attached hydrogen (secondary N) is 1. The number of rotatable bonds is 11. The van der Waals surface area contributed by atoms with E-state index in [1.54, 1.807) is 13.8 Å². The summed E-state index contributed by atoms with van der Waals surface area (Å²) in [6, 6.07) is 24.0. The van der Waals surface area contributed by atoms with Gasteiger partial charge in [-0.3, -0.25) is 9.59 Å². The van der Waals surface area contributed by atoms with E-state index in [0.717, 1.165) is 25.0 Å². The molecular formula is C37H42F4N2O5. The lowest BCUT2D eigenvalue weighted by Crippen LogP contribution is -2.69. The molecule has 7 nitrogen and oxygen atoms in total. The van der Waals surface area contributed by atoms with Gasteiger partial charge < -0.3 is 25.2 Å². The van der Waals surface area contributed by atoms with Gasteiger partial charge in [0.05, 0.1) is 10.8 Å². The van der Waals surface area contributed by atoms with Gasteiger partial charge in [0.2, 0.25) is 0 Å². The Labute approximate surface area is 277 Å². The van der Waals surface area contributed by atoms with Gasteiger partial charge in [-0.05, 0) is 88.5 Å². The molecular weight excluding hydrogens is 628 g/mol. The van der Waals surface area contributed by atoms with Crippen LogP contribution in [0.4, 0.5) is 17.6 Å². The van der Waals surface area contributed by atoms with E-state index in [1.807, 2.05) is 36.4 Å². The van der Waals surface area contributed by atoms with Crippen LogP contribution in [-0.2, 0) is 15.0 Å². The number of carboxylic acids is 2. The number of aliphatic carboxylic acids is 2. The summed E-state index contributed by atoms with van der Waals surface area (Å²) >= 11 is 0. The van der Waals surface area contributed by atoms with E-state index >= 15 is 0 Å². The van der Waals surface area contributed by atoms with Crippen molar-refractivity contribution in [2.75, 3.05) is 19.6 Å². The summed E-state index contributed by atoms with van der Waals surface area (Å²) in [6.45, 7) is 6.42. The summed E-state index contributed by atoms with van der Waals surface area (Å²) < 4.78 is 58.2. The molecule has 2 aliphatic heterocycles. The van der Waals surface area contributed by atoms with Gasteiger partial charge in [-0.15, -0.1) is 0 Å². The Morgan fingerprint density at radius 2 is 1.46 bits per heavy atom. The monoisotopic (exact) mass is 670 g/mol. The molecule has 0 radical (unpaired) electrons. The molecule has 5 rings (SSSR count). The second kappa shape index (κ2) is 13.5. The van der Waals surface area contributed by atoms with Crippen LogP contribution in [-0.4, -0.2) is 71.3 Å². The van der Waals surface area contributed by atoms with E-state index in [4.69, 9.17) is 0 Å². The summed E-state index contributed by atoms with van der Waals surface area (Å²) in [6.07, 6.45) is -7.30. The molecule has 5 atom stereocenters. The summed E-state index contributed by atoms with van der Waals surface area (Å²) in [4.78, 5) is 28.8. The number of piperidine rings is 2. The average Bonchev–Trinajstić information content (AvgIpc) is 3.06. The minimum Gasteiger partial charge on any atom is -0.481 e. The van der Waals surface area contributed by atoms with Crippen LogP contribution < -0.4 is 10.1 Å². The first-order chi connectivity index (χ1) is 22.7. The van der Waals surface area contributed by atoms with E-state index in [0.29, 0.717) is 19.6 Å². The molecule has 2 aliphatic rings. The van der Waals surface area contributed by atoms with Crippen molar-refractivity contribution in [1.82, 2.24) is 10.2 Å². The molecule has 258 valence electrons. The number of likely N-dealkylation sites (tertiary alicyclic amines) is 1. The predicted molar refractivity (Wildman–Crippen MR) is 173 cm³/mol. The molecule has 0 aliphatic carbocycles. The van der Waals surface area contributed by atoms with Gasteiger partial charge >= 0.3 is 24.5 Å². The number of carbonyl (C=O) groups is 2. The second-order valence-corrected chi connectivity index (χ2v) is 13.4. The second-order valence-electron chi connectivity index (χ2n) is 13.4. The van der Waals surface area contributed by atoms with Gasteiger partial charge in [0.15, 0.2) is 0 Å². The number of nitrogens with zero attached hydrogens (tertiary/aromatic N) is 1. The van der Waals surface area contributed by atoms with E-state index in [9.17, 15) is 37.4 Å². The van der Waals surface area contributed by atoms with Crippen LogP contribution in [0.2, 0.25) is 0 Å². The number of halogens is 4. The third-order valence-electron chi connectivity index (χ3n) is 11.0. The molecule has 3 N–H and O–H groups in total. The molecule has 0 amide bonds. The summed E-state index contributed by atoms with van der Waals surface area (Å²) in [5, 5.41) is 24.9. The van der Waals surface area contributed by atoms with Crippen molar-refractivity contribution in [3.63, 3.8) is 0 Å². The fourth-order valence-corrected chi connectivity index (χ4v) is 8.18. The Morgan fingerprint density at radius 3 is 1.96 bits per heavy atom. The number of hydrogen-bond donors (Lipinski definition) is 3. The van der Waals surface area contributed by atoms with Gasteiger partial charge in [0, 0.05) is 23.4 Å². The van der Waals surface area contributed by atoms with Gasteiger partial charge in [-0.25, -0.2) is 0 Å². The Hall–Kier alpha value is -3.96. The molecule has 3 aromatic rings. The average molecular weight is 671 g/mol. The Bertz CT molecular complexity index is 1540. The number of benzene rings is 3. The maximum atomic E-state index is 13.9. The van der Waals surface area contributed by atoms with Crippen LogP contribution in [0, 0.1) is 10.8 Å². The molecule has 3 aromatic carbocycles. The molecule has 11 heteroatoms. The van der Waals surface area contributed by atoms with E-state index in [2.05, 4.69) is 39.2 Å². The van der Waals surface area contributed by atoms with Gasteiger partial charge in [0.25, 0.3) is 0 Å². The third-order valence-corrected chi connectivity index (χ3v) is 11.0. The molecule has 0 aromatic heterocycles. The highest BCUT2D eigenvalue weighted by atomic mass is 19.3. The maximum Gasteiger partial charge on any atom is 0.461 e. The van der Waals surface area contributed by atoms with Crippen molar-refractivity contribution in [1.29, 1.82) is 0 Å². The van der Waals surface area contributed by atoms with Crippen molar-refractivity contribution in [2.45, 2.75) is 76.0 Å². The summed E-state index contributed by atoms with van der Waals surface area (Å²) in [5.41, 5.74) is -1.18. The zero-order chi connectivity index (χ0) is 34.9. The molecule has 0 saturated carbocycles. The SMILES string of the molecule is CC1N[C@H](C)C(C)(C(=O)O)C(c2cccc(OC(F)(F)C(F)F)c2)C1(CCN1CCC(c2ccccc2)(c2ccccc2)CC1)C(=O)O. The lowest BCUT2D eigenvalue weighted by molar-refractivity contribution is -0.253. The standard InChI is InChI=1S/C37H42F4N2O5/c1-24-34(3,32(44)45)30(26-11-10-16-29(23-26)48-37(40,41)31(38)39)36(33(46)47,25(2)42-24)19-22-43-20-17-35(18-21-43,27-12-6-4-7-13-27)28-14-8-5-9-15-28/h4-16,23-25,30-31,42H,17-22H2,1-3H3,(H,44,45)(H,46,47)/t24-,25?,30?,34?,36?/m1/s1. The number of alkyl halides is 4. The van der Waals surface area contributed by atoms with Crippen LogP contribution in [0.3, 0.4) is 0 Å². The lowest BCUT2D eigenvalue weighted by Gasteiger charge is -2.56. The van der Waals surface area contributed by atoms with Crippen LogP contribution in [0.5, 0.6) is 5.75 Å². The smallest absolute Gasteiger partial charge is 0.461 e. The molecule has 0 bridgehead atoms. The Kier molecular flexibility index (Phi) is 9.95. The molecule has 2 heterocycles. The topological polar surface area (TPSA) is 99.1 Å². The van der Waals surface area contributed by atoms with Crippen molar-refractivity contribution in [2.24, 2.45) is 10.8 Å². The number of ether oxygens (including phenoxy) is 1. The van der Waals surface area contributed by atoms with Crippen molar-refractivity contribution < 1.29 is 42.1 Å². The van der Waals surface area contributed by atoms with Crippen LogP contribution in [0.15, 0.2) is 84.9 Å². The Morgan fingerprint density at radius 1 is 0.896 bits per heavy atom. The molecule has 2 fully saturated rings. The maximum absolute atomic E-state index is 13.9. The largest absolute Gasteiger partial charge is 0.481 e. The summed E-state index contributed by atoms with van der Waals surface area (Å²) in [7, 11) is 0. The van der Waals surface area contributed by atoms with Gasteiger partial charge in [-0.2, -0.15) is 17.6 Å². The first kappa shape index (κ1) is 35.3. The molecule has 48 heavy (non-hydrogen) atoms. The number of carboxylic acid groups (broad SMARTS) is 2. The molecule has 0 spiro atoms. The molecule has 4 unspecified atom stereocenters. The minimum atomic E-state index is -4.80. The van der Waals surface area contributed by atoms with E-state index < -0.39 is 59.1 Å². The molecule has 2 saturated heterocycles. The zero-order valence-corrected chi connectivity index (χ0v) is 27.2. The highest BCUT2D eigenvalue weighted by molar-refractivity contribution is 5.84. The fourth-order valence-electron chi connectivity index (χ4n) is 8.18. The van der Waals surface area contributed by atoms with Gasteiger partial charge in [0.1, 0.15) is 5.75 Å². The van der Waals surface area contributed by atoms with Gasteiger partial charge in [-0.1, -0.05) is 72.8 Å². The normalized spacial score (nSPS) is 27.8. The third kappa shape index (κ3) is 6.18. The highest BCUT2D eigenvalue weighted by Crippen LogP contribution is 2.57. The van der Waals surface area contributed by atoms with Crippen LogP contribution >= 0.6 is 0 Å².